The van der Waals surface area contributed by atoms with Crippen LogP contribution in [-0.4, -0.2) is 42.0 Å². The molecule has 0 bridgehead atoms. The molecule has 2 saturated heterocycles. The Bertz CT molecular complexity index is 734. The van der Waals surface area contributed by atoms with Crippen LogP contribution in [0, 0.1) is 5.92 Å². The zero-order valence-corrected chi connectivity index (χ0v) is 14.3. The molecule has 0 unspecified atom stereocenters. The lowest BCUT2D eigenvalue weighted by Gasteiger charge is -2.48. The van der Waals surface area contributed by atoms with Gasteiger partial charge in [0.2, 0.25) is 0 Å². The zero-order valence-electron chi connectivity index (χ0n) is 14.3. The van der Waals surface area contributed by atoms with E-state index in [1.165, 1.54) is 41.5 Å². The normalized spacial score (nSPS) is 31.3. The number of nitrogens with one attached hydrogen (secondary N) is 1. The first-order valence-electron chi connectivity index (χ1n) is 9.43. The van der Waals surface area contributed by atoms with Crippen molar-refractivity contribution in [3.05, 3.63) is 35.5 Å². The van der Waals surface area contributed by atoms with Gasteiger partial charge in [-0.05, 0) is 37.3 Å². The molecule has 0 amide bonds. The van der Waals surface area contributed by atoms with Gasteiger partial charge in [0.1, 0.15) is 0 Å². The molecule has 0 radical (unpaired) electrons. The van der Waals surface area contributed by atoms with Crippen LogP contribution in [0.1, 0.15) is 43.5 Å². The van der Waals surface area contributed by atoms with E-state index in [4.69, 9.17) is 9.47 Å². The summed E-state index contributed by atoms with van der Waals surface area (Å²) in [6, 6.07) is 9.88. The molecule has 3 aliphatic heterocycles. The molecule has 0 aliphatic carbocycles. The highest BCUT2D eigenvalue weighted by Gasteiger charge is 2.43. The fraction of sp³-hybridized carbons (Fsp3) is 0.600. The van der Waals surface area contributed by atoms with E-state index in [1.54, 1.807) is 0 Å². The highest BCUT2D eigenvalue weighted by atomic mass is 16.7. The summed E-state index contributed by atoms with van der Waals surface area (Å²) in [6.45, 7) is 5.01. The highest BCUT2D eigenvalue weighted by Crippen LogP contribution is 2.45. The summed E-state index contributed by atoms with van der Waals surface area (Å²) in [5.41, 5.74) is 4.27. The van der Waals surface area contributed by atoms with Gasteiger partial charge in [0.25, 0.3) is 0 Å². The predicted molar refractivity (Wildman–Crippen MR) is 93.9 cm³/mol. The standard InChI is InChI=1S/C20H26N2O2/c1-2-14-11-13(20-23-9-10-24-20)12-18-19-16(7-8-22(14)18)15-5-3-4-6-17(15)21-19/h3-6,13-14,18,20-21H,2,7-12H2,1H3/t13-,14-,18+/m1/s1. The number of rotatable bonds is 2. The van der Waals surface area contributed by atoms with Crippen LogP contribution >= 0.6 is 0 Å². The van der Waals surface area contributed by atoms with Gasteiger partial charge < -0.3 is 14.5 Å². The van der Waals surface area contributed by atoms with Crippen molar-refractivity contribution in [3.63, 3.8) is 0 Å². The van der Waals surface area contributed by atoms with E-state index in [-0.39, 0.29) is 6.29 Å². The molecule has 1 aromatic heterocycles. The van der Waals surface area contributed by atoms with Gasteiger partial charge in [-0.15, -0.1) is 0 Å². The number of benzene rings is 1. The van der Waals surface area contributed by atoms with Crippen molar-refractivity contribution in [1.29, 1.82) is 0 Å². The third-order valence-electron chi connectivity index (χ3n) is 6.27. The maximum Gasteiger partial charge on any atom is 0.160 e. The molecule has 4 nitrogen and oxygen atoms in total. The second kappa shape index (κ2) is 5.87. The minimum atomic E-state index is 0.0101. The average Bonchev–Trinajstić information content (AvgIpc) is 3.28. The number of aromatic amines is 1. The van der Waals surface area contributed by atoms with Crippen molar-refractivity contribution >= 4 is 10.9 Å². The molecule has 1 N–H and O–H groups in total. The molecule has 2 fully saturated rings. The number of piperidine rings is 1. The second-order valence-corrected chi connectivity index (χ2v) is 7.47. The first kappa shape index (κ1) is 14.9. The third kappa shape index (κ3) is 2.24. The number of para-hydroxylation sites is 1. The van der Waals surface area contributed by atoms with Crippen LogP contribution in [0.15, 0.2) is 24.3 Å². The van der Waals surface area contributed by atoms with Gasteiger partial charge in [0.15, 0.2) is 6.29 Å². The Morgan fingerprint density at radius 1 is 1.17 bits per heavy atom. The number of aromatic nitrogens is 1. The Balaban J connectivity index is 1.53. The van der Waals surface area contributed by atoms with Gasteiger partial charge in [0, 0.05) is 35.1 Å². The number of hydrogen-bond donors (Lipinski definition) is 1. The molecule has 5 rings (SSSR count). The fourth-order valence-corrected chi connectivity index (χ4v) is 5.17. The Labute approximate surface area is 143 Å². The third-order valence-corrected chi connectivity index (χ3v) is 6.27. The first-order chi connectivity index (χ1) is 11.8. The SMILES string of the molecule is CC[C@@H]1C[C@@H](C2OCCO2)C[C@H]2c3[nH]c4ccccc4c3CCN12. The summed E-state index contributed by atoms with van der Waals surface area (Å²) < 4.78 is 11.7. The number of fused-ring (bicyclic) bond motifs is 5. The molecule has 3 atom stereocenters. The molecule has 128 valence electrons. The van der Waals surface area contributed by atoms with Gasteiger partial charge in [-0.1, -0.05) is 25.1 Å². The molecule has 4 heteroatoms. The van der Waals surface area contributed by atoms with Crippen molar-refractivity contribution in [3.8, 4) is 0 Å². The summed E-state index contributed by atoms with van der Waals surface area (Å²) in [5, 5.41) is 1.41. The van der Waals surface area contributed by atoms with Gasteiger partial charge in [-0.25, -0.2) is 0 Å². The Morgan fingerprint density at radius 2 is 2.00 bits per heavy atom. The van der Waals surface area contributed by atoms with E-state index in [9.17, 15) is 0 Å². The summed E-state index contributed by atoms with van der Waals surface area (Å²) in [6.07, 6.45) is 4.72. The van der Waals surface area contributed by atoms with Gasteiger partial charge >= 0.3 is 0 Å². The van der Waals surface area contributed by atoms with Crippen LogP contribution in [0.4, 0.5) is 0 Å². The van der Waals surface area contributed by atoms with E-state index in [2.05, 4.69) is 41.1 Å². The molecule has 1 aromatic carbocycles. The van der Waals surface area contributed by atoms with E-state index in [1.807, 2.05) is 0 Å². The smallest absolute Gasteiger partial charge is 0.160 e. The van der Waals surface area contributed by atoms with Crippen molar-refractivity contribution in [2.45, 2.75) is 51.0 Å². The molecular weight excluding hydrogens is 300 g/mol. The van der Waals surface area contributed by atoms with Crippen molar-refractivity contribution in [2.24, 2.45) is 5.92 Å². The molecule has 0 spiro atoms. The Hall–Kier alpha value is -1.36. The van der Waals surface area contributed by atoms with Crippen LogP contribution in [0.3, 0.4) is 0 Å². The maximum atomic E-state index is 5.86. The number of H-pyrrole nitrogens is 1. The topological polar surface area (TPSA) is 37.5 Å². The van der Waals surface area contributed by atoms with Crippen LogP contribution in [0.2, 0.25) is 0 Å². The van der Waals surface area contributed by atoms with Gasteiger partial charge in [0.05, 0.1) is 19.3 Å². The van der Waals surface area contributed by atoms with E-state index >= 15 is 0 Å². The average molecular weight is 326 g/mol. The molecule has 24 heavy (non-hydrogen) atoms. The summed E-state index contributed by atoms with van der Waals surface area (Å²) in [5.74, 6) is 0.510. The molecule has 4 heterocycles. The molecular formula is C20H26N2O2. The van der Waals surface area contributed by atoms with Crippen molar-refractivity contribution in [2.75, 3.05) is 19.8 Å². The van der Waals surface area contributed by atoms with E-state index < -0.39 is 0 Å². The molecule has 2 aromatic rings. The van der Waals surface area contributed by atoms with Crippen molar-refractivity contribution < 1.29 is 9.47 Å². The fourth-order valence-electron chi connectivity index (χ4n) is 5.17. The minimum Gasteiger partial charge on any atom is -0.357 e. The highest BCUT2D eigenvalue weighted by molar-refractivity contribution is 5.85. The first-order valence-corrected chi connectivity index (χ1v) is 9.43. The monoisotopic (exact) mass is 326 g/mol. The van der Waals surface area contributed by atoms with Gasteiger partial charge in [-0.2, -0.15) is 0 Å². The molecule has 0 saturated carbocycles. The van der Waals surface area contributed by atoms with Crippen LogP contribution in [0.5, 0.6) is 0 Å². The minimum absolute atomic E-state index is 0.0101. The predicted octanol–water partition coefficient (Wildman–Crippen LogP) is 3.63. The van der Waals surface area contributed by atoms with Crippen LogP contribution in [-0.2, 0) is 15.9 Å². The summed E-state index contributed by atoms with van der Waals surface area (Å²) >= 11 is 0. The summed E-state index contributed by atoms with van der Waals surface area (Å²) in [7, 11) is 0. The van der Waals surface area contributed by atoms with Crippen LogP contribution in [0.25, 0.3) is 10.9 Å². The largest absolute Gasteiger partial charge is 0.357 e. The summed E-state index contributed by atoms with van der Waals surface area (Å²) in [4.78, 5) is 6.49. The zero-order chi connectivity index (χ0) is 16.1. The quantitative estimate of drug-likeness (QED) is 0.916. The second-order valence-electron chi connectivity index (χ2n) is 7.47. The number of hydrogen-bond acceptors (Lipinski definition) is 3. The lowest BCUT2D eigenvalue weighted by atomic mass is 9.80. The number of ether oxygens (including phenoxy) is 2. The van der Waals surface area contributed by atoms with E-state index in [0.29, 0.717) is 18.0 Å². The van der Waals surface area contributed by atoms with E-state index in [0.717, 1.165) is 26.1 Å². The molecule has 3 aliphatic rings. The van der Waals surface area contributed by atoms with Crippen LogP contribution < -0.4 is 0 Å². The van der Waals surface area contributed by atoms with Gasteiger partial charge in [-0.3, -0.25) is 4.90 Å². The lowest BCUT2D eigenvalue weighted by Crippen LogP contribution is -2.49. The Morgan fingerprint density at radius 3 is 2.83 bits per heavy atom. The Kier molecular flexibility index (Phi) is 3.65. The number of nitrogens with zero attached hydrogens (tertiary/aromatic N) is 1. The van der Waals surface area contributed by atoms with Crippen molar-refractivity contribution in [1.82, 2.24) is 9.88 Å². The lowest BCUT2D eigenvalue weighted by molar-refractivity contribution is -0.116. The maximum absolute atomic E-state index is 5.86.